The highest BCUT2D eigenvalue weighted by atomic mass is 31.2. The Balaban J connectivity index is 0.00000116. The third-order valence-electron chi connectivity index (χ3n) is 2.81. The molecule has 1 aromatic heterocycles. The number of H-pyrrole nitrogens is 1. The van der Waals surface area contributed by atoms with Gasteiger partial charge < -0.3 is 20.1 Å². The normalized spacial score (nSPS) is 11.8. The number of hydrogen-bond donors (Lipinski definition) is 4. The van der Waals surface area contributed by atoms with Crippen molar-refractivity contribution in [2.24, 2.45) is 0 Å². The van der Waals surface area contributed by atoms with Gasteiger partial charge in [-0.2, -0.15) is 8.78 Å². The van der Waals surface area contributed by atoms with Gasteiger partial charge in [0, 0.05) is 23.5 Å². The van der Waals surface area contributed by atoms with E-state index in [1.165, 1.54) is 19.2 Å². The first-order valence-electron chi connectivity index (χ1n) is 6.45. The number of aromatic nitrogens is 1. The van der Waals surface area contributed by atoms with E-state index in [-0.39, 0.29) is 11.1 Å². The molecule has 0 spiro atoms. The molecule has 0 aliphatic rings. The zero-order valence-electron chi connectivity index (χ0n) is 12.2. The lowest BCUT2D eigenvalue weighted by molar-refractivity contribution is 0.0566. The van der Waals surface area contributed by atoms with Crippen molar-refractivity contribution < 1.29 is 27.9 Å². The average Bonchev–Trinajstić information content (AvgIpc) is 2.90. The Bertz CT molecular complexity index is 724. The second-order valence-corrected chi connectivity index (χ2v) is 5.80. The molecule has 0 atom stereocenters. The van der Waals surface area contributed by atoms with Crippen molar-refractivity contribution in [1.82, 2.24) is 10.3 Å². The largest absolute Gasteiger partial charge is 0.399 e. The van der Waals surface area contributed by atoms with E-state index >= 15 is 0 Å². The Kier molecular flexibility index (Phi) is 5.45. The third kappa shape index (κ3) is 3.35. The minimum Gasteiger partial charge on any atom is -0.354 e. The molecule has 22 heavy (non-hydrogen) atoms. The van der Waals surface area contributed by atoms with Gasteiger partial charge in [-0.3, -0.25) is 9.36 Å². The van der Waals surface area contributed by atoms with E-state index < -0.39 is 24.7 Å². The molecule has 0 aliphatic carbocycles. The first kappa shape index (κ1) is 18.3. The number of aromatic amines is 1. The summed E-state index contributed by atoms with van der Waals surface area (Å²) in [6.07, 6.45) is 0. The van der Waals surface area contributed by atoms with Gasteiger partial charge in [-0.1, -0.05) is 19.9 Å². The molecule has 2 aromatic rings. The standard InChI is InChI=1S/C11H11F2N2O4P.C2H6/c1-14-10(16)9-5-6-4-7(2-3-8(6)15-9)11(12,13)20(17,18)19;1-2/h2-5,15H,1H3,(H,14,16)(H2,17,18,19);1-2H3. The summed E-state index contributed by atoms with van der Waals surface area (Å²) in [5.41, 5.74) is -4.50. The summed E-state index contributed by atoms with van der Waals surface area (Å²) >= 11 is 0. The maximum absolute atomic E-state index is 13.6. The zero-order chi connectivity index (χ0) is 17.1. The topological polar surface area (TPSA) is 102 Å². The fourth-order valence-corrected chi connectivity index (χ4v) is 2.22. The van der Waals surface area contributed by atoms with Gasteiger partial charge in [0.1, 0.15) is 5.69 Å². The molecule has 0 unspecified atom stereocenters. The molecule has 0 saturated heterocycles. The molecule has 6 nitrogen and oxygen atoms in total. The average molecular weight is 334 g/mol. The number of alkyl halides is 2. The monoisotopic (exact) mass is 334 g/mol. The number of halogens is 2. The van der Waals surface area contributed by atoms with Gasteiger partial charge in [0.05, 0.1) is 0 Å². The van der Waals surface area contributed by atoms with E-state index in [1.54, 1.807) is 0 Å². The Morgan fingerprint density at radius 3 is 2.36 bits per heavy atom. The molecule has 0 aliphatic heterocycles. The van der Waals surface area contributed by atoms with Crippen LogP contribution in [0.25, 0.3) is 10.9 Å². The lowest BCUT2D eigenvalue weighted by atomic mass is 10.1. The van der Waals surface area contributed by atoms with Crippen LogP contribution < -0.4 is 5.32 Å². The SMILES string of the molecule is CC.CNC(=O)c1cc2cc(C(F)(F)P(=O)(O)O)ccc2[nH]1. The number of rotatable bonds is 3. The number of amides is 1. The van der Waals surface area contributed by atoms with Gasteiger partial charge in [-0.05, 0) is 18.2 Å². The zero-order valence-corrected chi connectivity index (χ0v) is 13.1. The number of carbonyl (C=O) groups is 1. The maximum Gasteiger partial charge on any atom is 0.399 e. The van der Waals surface area contributed by atoms with Crippen LogP contribution in [-0.4, -0.2) is 27.7 Å². The highest BCUT2D eigenvalue weighted by Crippen LogP contribution is 2.59. The summed E-state index contributed by atoms with van der Waals surface area (Å²) in [5, 5.41) is 2.63. The van der Waals surface area contributed by atoms with Gasteiger partial charge >= 0.3 is 13.3 Å². The predicted octanol–water partition coefficient (Wildman–Crippen LogP) is 2.78. The summed E-state index contributed by atoms with van der Waals surface area (Å²) in [5.74, 6) is -0.426. The third-order valence-corrected chi connectivity index (χ3v) is 3.80. The number of benzene rings is 1. The highest BCUT2D eigenvalue weighted by Gasteiger charge is 2.50. The van der Waals surface area contributed by atoms with Crippen molar-refractivity contribution in [2.45, 2.75) is 19.5 Å². The van der Waals surface area contributed by atoms with Crippen molar-refractivity contribution >= 4 is 24.4 Å². The molecule has 0 saturated carbocycles. The van der Waals surface area contributed by atoms with Crippen LogP contribution in [0.15, 0.2) is 24.3 Å². The quantitative estimate of drug-likeness (QED) is 0.648. The molecule has 122 valence electrons. The van der Waals surface area contributed by atoms with Gasteiger partial charge in [-0.25, -0.2) is 0 Å². The summed E-state index contributed by atoms with van der Waals surface area (Å²) in [7, 11) is -4.19. The van der Waals surface area contributed by atoms with Crippen molar-refractivity contribution in [3.8, 4) is 0 Å². The van der Waals surface area contributed by atoms with Crippen molar-refractivity contribution in [2.75, 3.05) is 7.05 Å². The predicted molar refractivity (Wildman–Crippen MR) is 79.0 cm³/mol. The molecule has 0 bridgehead atoms. The van der Waals surface area contributed by atoms with Crippen LogP contribution in [0.4, 0.5) is 8.78 Å². The first-order chi connectivity index (χ1) is 10.2. The van der Waals surface area contributed by atoms with Gasteiger partial charge in [-0.15, -0.1) is 0 Å². The van der Waals surface area contributed by atoms with E-state index in [1.807, 2.05) is 13.8 Å². The van der Waals surface area contributed by atoms with Crippen LogP contribution in [-0.2, 0) is 10.2 Å². The number of hydrogen-bond acceptors (Lipinski definition) is 2. The minimum atomic E-state index is -5.61. The number of fused-ring (bicyclic) bond motifs is 1. The Labute approximate surface area is 125 Å². The second kappa shape index (κ2) is 6.56. The molecule has 4 N–H and O–H groups in total. The second-order valence-electron chi connectivity index (χ2n) is 4.15. The Hall–Kier alpha value is -1.76. The molecular weight excluding hydrogens is 317 g/mol. The molecule has 1 aromatic carbocycles. The van der Waals surface area contributed by atoms with Crippen molar-refractivity contribution in [3.63, 3.8) is 0 Å². The van der Waals surface area contributed by atoms with Gasteiger partial charge in [0.25, 0.3) is 5.91 Å². The Morgan fingerprint density at radius 1 is 1.27 bits per heavy atom. The molecule has 1 heterocycles. The molecule has 9 heteroatoms. The molecule has 2 rings (SSSR count). The first-order valence-corrected chi connectivity index (χ1v) is 8.07. The fraction of sp³-hybridized carbons (Fsp3) is 0.308. The lowest BCUT2D eigenvalue weighted by Gasteiger charge is -2.17. The van der Waals surface area contributed by atoms with Crippen LogP contribution in [0.5, 0.6) is 0 Å². The molecule has 0 fully saturated rings. The van der Waals surface area contributed by atoms with E-state index in [2.05, 4.69) is 10.3 Å². The Morgan fingerprint density at radius 2 is 1.86 bits per heavy atom. The highest BCUT2D eigenvalue weighted by molar-refractivity contribution is 7.52. The summed E-state index contributed by atoms with van der Waals surface area (Å²) in [4.78, 5) is 31.5. The molecule has 1 amide bonds. The number of carbonyl (C=O) groups excluding carboxylic acids is 1. The van der Waals surface area contributed by atoms with Crippen LogP contribution in [0, 0.1) is 0 Å². The van der Waals surface area contributed by atoms with Crippen LogP contribution in [0.2, 0.25) is 0 Å². The van der Waals surface area contributed by atoms with Crippen LogP contribution in [0.3, 0.4) is 0 Å². The van der Waals surface area contributed by atoms with Gasteiger partial charge in [0.2, 0.25) is 0 Å². The lowest BCUT2D eigenvalue weighted by Crippen LogP contribution is -2.17. The van der Waals surface area contributed by atoms with E-state index in [0.717, 1.165) is 12.1 Å². The summed E-state index contributed by atoms with van der Waals surface area (Å²) in [6.45, 7) is 4.00. The van der Waals surface area contributed by atoms with Gasteiger partial charge in [0.15, 0.2) is 0 Å². The summed E-state index contributed by atoms with van der Waals surface area (Å²) < 4.78 is 38.0. The van der Waals surface area contributed by atoms with Crippen molar-refractivity contribution in [1.29, 1.82) is 0 Å². The maximum atomic E-state index is 13.6. The molecule has 0 radical (unpaired) electrons. The van der Waals surface area contributed by atoms with Crippen LogP contribution >= 0.6 is 7.60 Å². The minimum absolute atomic E-state index is 0.166. The van der Waals surface area contributed by atoms with E-state index in [4.69, 9.17) is 9.79 Å². The van der Waals surface area contributed by atoms with Crippen LogP contribution in [0.1, 0.15) is 29.9 Å². The van der Waals surface area contributed by atoms with Crippen molar-refractivity contribution in [3.05, 3.63) is 35.5 Å². The van der Waals surface area contributed by atoms with E-state index in [9.17, 15) is 18.1 Å². The summed E-state index contributed by atoms with van der Waals surface area (Å²) in [6, 6.07) is 4.41. The smallest absolute Gasteiger partial charge is 0.354 e. The number of nitrogens with one attached hydrogen (secondary N) is 2. The molecular formula is C13H17F2N2O4P. The fourth-order valence-electron chi connectivity index (χ4n) is 1.74. The van der Waals surface area contributed by atoms with E-state index in [0.29, 0.717) is 5.52 Å².